The van der Waals surface area contributed by atoms with Gasteiger partial charge in [0.25, 0.3) is 11.6 Å². The first-order valence-electron chi connectivity index (χ1n) is 9.06. The van der Waals surface area contributed by atoms with E-state index in [1.54, 1.807) is 13.0 Å². The third-order valence-corrected chi connectivity index (χ3v) is 4.92. The molecule has 0 aromatic heterocycles. The van der Waals surface area contributed by atoms with Crippen molar-refractivity contribution in [1.29, 1.82) is 0 Å². The van der Waals surface area contributed by atoms with E-state index in [0.29, 0.717) is 17.7 Å². The Bertz CT molecular complexity index is 1030. The van der Waals surface area contributed by atoms with Crippen molar-refractivity contribution in [2.75, 3.05) is 20.6 Å². The van der Waals surface area contributed by atoms with Crippen molar-refractivity contribution >= 4 is 22.4 Å². The number of benzene rings is 3. The molecule has 1 atom stereocenters. The number of nitro benzene ring substituents is 1. The standard InChI is InChI=1S/C22H23N3O3/c1-15-13-17(11-12-20(15)25(27)28)22(26)23-14-21(24(2)3)19-10-6-8-16-7-4-5-9-18(16)19/h4-13,21H,14H2,1-3H3,(H,23,26)/t21-/m0/s1. The van der Waals surface area contributed by atoms with Gasteiger partial charge in [0.05, 0.1) is 11.0 Å². The van der Waals surface area contributed by atoms with Gasteiger partial charge in [-0.1, -0.05) is 42.5 Å². The Labute approximate surface area is 163 Å². The topological polar surface area (TPSA) is 75.5 Å². The maximum Gasteiger partial charge on any atom is 0.272 e. The van der Waals surface area contributed by atoms with E-state index in [1.165, 1.54) is 12.1 Å². The average Bonchev–Trinajstić information content (AvgIpc) is 2.67. The Kier molecular flexibility index (Phi) is 5.70. The highest BCUT2D eigenvalue weighted by atomic mass is 16.6. The highest BCUT2D eigenvalue weighted by Crippen LogP contribution is 2.27. The summed E-state index contributed by atoms with van der Waals surface area (Å²) in [5, 5.41) is 16.2. The second-order valence-corrected chi connectivity index (χ2v) is 7.02. The van der Waals surface area contributed by atoms with Gasteiger partial charge in [-0.2, -0.15) is 0 Å². The number of hydrogen-bond donors (Lipinski definition) is 1. The molecule has 28 heavy (non-hydrogen) atoms. The molecule has 3 rings (SSSR count). The van der Waals surface area contributed by atoms with Gasteiger partial charge in [-0.3, -0.25) is 14.9 Å². The summed E-state index contributed by atoms with van der Waals surface area (Å²) in [6.07, 6.45) is 0. The summed E-state index contributed by atoms with van der Waals surface area (Å²) in [5.74, 6) is -0.245. The van der Waals surface area contributed by atoms with E-state index < -0.39 is 4.92 Å². The Hall–Kier alpha value is -3.25. The number of amides is 1. The lowest BCUT2D eigenvalue weighted by Crippen LogP contribution is -2.34. The molecule has 0 saturated heterocycles. The van der Waals surface area contributed by atoms with E-state index in [-0.39, 0.29) is 17.6 Å². The van der Waals surface area contributed by atoms with Gasteiger partial charge in [0.1, 0.15) is 0 Å². The summed E-state index contributed by atoms with van der Waals surface area (Å²) in [7, 11) is 3.96. The Morgan fingerprint density at radius 3 is 2.50 bits per heavy atom. The molecule has 0 bridgehead atoms. The molecule has 0 saturated carbocycles. The highest BCUT2D eigenvalue weighted by Gasteiger charge is 2.19. The highest BCUT2D eigenvalue weighted by molar-refractivity contribution is 5.94. The van der Waals surface area contributed by atoms with Gasteiger partial charge in [-0.05, 0) is 49.5 Å². The predicted molar refractivity (Wildman–Crippen MR) is 111 cm³/mol. The van der Waals surface area contributed by atoms with Gasteiger partial charge < -0.3 is 10.2 Å². The smallest absolute Gasteiger partial charge is 0.272 e. The fourth-order valence-electron chi connectivity index (χ4n) is 3.40. The van der Waals surface area contributed by atoms with Crippen molar-refractivity contribution < 1.29 is 9.72 Å². The van der Waals surface area contributed by atoms with Crippen LogP contribution in [-0.4, -0.2) is 36.4 Å². The van der Waals surface area contributed by atoms with Crippen LogP contribution in [0, 0.1) is 17.0 Å². The largest absolute Gasteiger partial charge is 0.350 e. The first kappa shape index (κ1) is 19.5. The summed E-state index contributed by atoms with van der Waals surface area (Å²) in [5.41, 5.74) is 2.04. The quantitative estimate of drug-likeness (QED) is 0.519. The molecular formula is C22H23N3O3. The van der Waals surface area contributed by atoms with Gasteiger partial charge in [-0.25, -0.2) is 0 Å². The zero-order valence-corrected chi connectivity index (χ0v) is 16.2. The van der Waals surface area contributed by atoms with Crippen LogP contribution in [0.25, 0.3) is 10.8 Å². The molecule has 1 amide bonds. The number of nitrogens with zero attached hydrogens (tertiary/aromatic N) is 2. The summed E-state index contributed by atoms with van der Waals surface area (Å²) >= 11 is 0. The summed E-state index contributed by atoms with van der Waals surface area (Å²) in [6, 6.07) is 18.8. The molecule has 144 valence electrons. The monoisotopic (exact) mass is 377 g/mol. The third kappa shape index (κ3) is 4.02. The number of aryl methyl sites for hydroxylation is 1. The van der Waals surface area contributed by atoms with Crippen LogP contribution in [0.4, 0.5) is 5.69 Å². The van der Waals surface area contributed by atoms with Crippen LogP contribution >= 0.6 is 0 Å². The minimum atomic E-state index is -0.445. The predicted octanol–water partition coefficient (Wildman–Crippen LogP) is 4.09. The van der Waals surface area contributed by atoms with E-state index in [0.717, 1.165) is 16.3 Å². The van der Waals surface area contributed by atoms with Crippen molar-refractivity contribution in [2.45, 2.75) is 13.0 Å². The number of nitro groups is 1. The molecule has 0 radical (unpaired) electrons. The van der Waals surface area contributed by atoms with Crippen LogP contribution in [0.5, 0.6) is 0 Å². The van der Waals surface area contributed by atoms with Crippen LogP contribution in [-0.2, 0) is 0 Å². The summed E-state index contributed by atoms with van der Waals surface area (Å²) in [6.45, 7) is 2.06. The fourth-order valence-corrected chi connectivity index (χ4v) is 3.40. The van der Waals surface area contributed by atoms with E-state index in [9.17, 15) is 14.9 Å². The second-order valence-electron chi connectivity index (χ2n) is 7.02. The number of hydrogen-bond acceptors (Lipinski definition) is 4. The van der Waals surface area contributed by atoms with E-state index in [4.69, 9.17) is 0 Å². The normalized spacial score (nSPS) is 12.1. The van der Waals surface area contributed by atoms with Gasteiger partial charge in [0.15, 0.2) is 0 Å². The fraction of sp³-hybridized carbons (Fsp3) is 0.227. The van der Waals surface area contributed by atoms with Crippen LogP contribution < -0.4 is 5.32 Å². The molecule has 0 aliphatic carbocycles. The molecule has 0 unspecified atom stereocenters. The first-order chi connectivity index (χ1) is 13.4. The number of likely N-dealkylation sites (N-methyl/N-ethyl adjacent to an activating group) is 1. The van der Waals surface area contributed by atoms with Crippen molar-refractivity contribution in [1.82, 2.24) is 10.2 Å². The molecule has 0 aliphatic rings. The lowest BCUT2D eigenvalue weighted by molar-refractivity contribution is -0.385. The van der Waals surface area contributed by atoms with Crippen molar-refractivity contribution in [2.24, 2.45) is 0 Å². The molecular weight excluding hydrogens is 354 g/mol. The Morgan fingerprint density at radius 1 is 1.11 bits per heavy atom. The molecule has 0 aliphatic heterocycles. The van der Waals surface area contributed by atoms with E-state index in [1.807, 2.05) is 32.3 Å². The lowest BCUT2D eigenvalue weighted by Gasteiger charge is -2.26. The van der Waals surface area contributed by atoms with Crippen LogP contribution in [0.1, 0.15) is 27.5 Å². The third-order valence-electron chi connectivity index (χ3n) is 4.92. The van der Waals surface area contributed by atoms with Gasteiger partial charge in [0, 0.05) is 23.7 Å². The molecule has 1 N–H and O–H groups in total. The second kappa shape index (κ2) is 8.19. The van der Waals surface area contributed by atoms with Gasteiger partial charge in [0.2, 0.25) is 0 Å². The molecule has 6 nitrogen and oxygen atoms in total. The maximum atomic E-state index is 12.6. The number of rotatable bonds is 6. The Morgan fingerprint density at radius 2 is 1.82 bits per heavy atom. The number of carbonyl (C=O) groups is 1. The number of carbonyl (C=O) groups excluding carboxylic acids is 1. The van der Waals surface area contributed by atoms with Crippen molar-refractivity contribution in [3.63, 3.8) is 0 Å². The molecule has 0 spiro atoms. The number of nitrogens with one attached hydrogen (secondary N) is 1. The summed E-state index contributed by atoms with van der Waals surface area (Å²) in [4.78, 5) is 25.2. The SMILES string of the molecule is Cc1cc(C(=O)NC[C@@H](c2cccc3ccccc23)N(C)C)ccc1[N+](=O)[O-]. The molecule has 3 aromatic rings. The zero-order valence-electron chi connectivity index (χ0n) is 16.2. The average molecular weight is 377 g/mol. The molecule has 0 fully saturated rings. The van der Waals surface area contributed by atoms with Crippen LogP contribution in [0.15, 0.2) is 60.7 Å². The van der Waals surface area contributed by atoms with Crippen LogP contribution in [0.2, 0.25) is 0 Å². The molecule has 3 aromatic carbocycles. The maximum absolute atomic E-state index is 12.6. The molecule has 6 heteroatoms. The van der Waals surface area contributed by atoms with Crippen molar-refractivity contribution in [3.05, 3.63) is 87.5 Å². The minimum absolute atomic E-state index is 0.00537. The number of fused-ring (bicyclic) bond motifs is 1. The van der Waals surface area contributed by atoms with Gasteiger partial charge in [-0.15, -0.1) is 0 Å². The van der Waals surface area contributed by atoms with Gasteiger partial charge >= 0.3 is 0 Å². The van der Waals surface area contributed by atoms with E-state index >= 15 is 0 Å². The zero-order chi connectivity index (χ0) is 20.3. The first-order valence-corrected chi connectivity index (χ1v) is 9.06. The lowest BCUT2D eigenvalue weighted by atomic mass is 9.98. The van der Waals surface area contributed by atoms with Crippen LogP contribution in [0.3, 0.4) is 0 Å². The summed E-state index contributed by atoms with van der Waals surface area (Å²) < 4.78 is 0. The van der Waals surface area contributed by atoms with Crippen molar-refractivity contribution in [3.8, 4) is 0 Å². The minimum Gasteiger partial charge on any atom is -0.350 e. The molecule has 0 heterocycles. The van der Waals surface area contributed by atoms with E-state index in [2.05, 4.69) is 34.5 Å². The Balaban J connectivity index is 1.81.